The van der Waals surface area contributed by atoms with Gasteiger partial charge in [-0.3, -0.25) is 4.79 Å². The summed E-state index contributed by atoms with van der Waals surface area (Å²) in [7, 11) is 0. The maximum atomic E-state index is 13.0. The van der Waals surface area contributed by atoms with E-state index < -0.39 is 35.0 Å². The topological polar surface area (TPSA) is 49.3 Å². The summed E-state index contributed by atoms with van der Waals surface area (Å²) < 4.78 is 77.9. The molecular formula is C17H12ClF6NO2. The van der Waals surface area contributed by atoms with Crippen molar-refractivity contribution in [2.24, 2.45) is 0 Å². The van der Waals surface area contributed by atoms with Gasteiger partial charge in [0.25, 0.3) is 11.5 Å². The summed E-state index contributed by atoms with van der Waals surface area (Å²) in [4.78, 5) is 12.1. The molecule has 0 aliphatic heterocycles. The van der Waals surface area contributed by atoms with Gasteiger partial charge in [0.2, 0.25) is 0 Å². The van der Waals surface area contributed by atoms with Crippen molar-refractivity contribution in [3.05, 3.63) is 64.2 Å². The van der Waals surface area contributed by atoms with Crippen molar-refractivity contribution in [2.75, 3.05) is 5.32 Å². The lowest BCUT2D eigenvalue weighted by Crippen LogP contribution is -2.54. The number of rotatable bonds is 3. The van der Waals surface area contributed by atoms with E-state index in [9.17, 15) is 36.2 Å². The van der Waals surface area contributed by atoms with E-state index in [4.69, 9.17) is 11.6 Å². The van der Waals surface area contributed by atoms with Crippen LogP contribution in [0.15, 0.2) is 42.5 Å². The molecule has 0 radical (unpaired) electrons. The van der Waals surface area contributed by atoms with E-state index in [1.165, 1.54) is 18.2 Å². The van der Waals surface area contributed by atoms with Crippen LogP contribution in [-0.4, -0.2) is 23.4 Å². The number of carbonyl (C=O) groups is 1. The Morgan fingerprint density at radius 2 is 1.56 bits per heavy atom. The van der Waals surface area contributed by atoms with Crippen molar-refractivity contribution in [1.29, 1.82) is 0 Å². The summed E-state index contributed by atoms with van der Waals surface area (Å²) in [6.07, 6.45) is -12.0. The Morgan fingerprint density at radius 1 is 1.00 bits per heavy atom. The number of alkyl halides is 6. The van der Waals surface area contributed by atoms with Crippen LogP contribution in [0.25, 0.3) is 0 Å². The minimum Gasteiger partial charge on any atom is -0.369 e. The Labute approximate surface area is 154 Å². The zero-order valence-corrected chi connectivity index (χ0v) is 14.3. The van der Waals surface area contributed by atoms with Gasteiger partial charge in [0.15, 0.2) is 0 Å². The van der Waals surface area contributed by atoms with Crippen molar-refractivity contribution in [1.82, 2.24) is 0 Å². The standard InChI is InChI=1S/C17H12ClF6NO2/c1-9-8-10(25-14(26)11-4-2-3-5-13(11)18)6-7-12(9)15(27,16(19,20)21)17(22,23)24/h2-8,27H,1H3,(H,25,26). The molecule has 146 valence electrons. The van der Waals surface area contributed by atoms with E-state index in [0.717, 1.165) is 19.1 Å². The van der Waals surface area contributed by atoms with Crippen LogP contribution >= 0.6 is 11.6 Å². The fourth-order valence-corrected chi connectivity index (χ4v) is 2.68. The number of nitrogens with one attached hydrogen (secondary N) is 1. The van der Waals surface area contributed by atoms with Gasteiger partial charge in [-0.25, -0.2) is 0 Å². The van der Waals surface area contributed by atoms with Crippen LogP contribution in [-0.2, 0) is 5.60 Å². The van der Waals surface area contributed by atoms with Gasteiger partial charge in [-0.2, -0.15) is 26.3 Å². The highest BCUT2D eigenvalue weighted by atomic mass is 35.5. The first-order valence-corrected chi connectivity index (χ1v) is 7.69. The number of benzene rings is 2. The maximum absolute atomic E-state index is 13.0. The summed E-state index contributed by atoms with van der Waals surface area (Å²) in [5.41, 5.74) is -6.91. The summed E-state index contributed by atoms with van der Waals surface area (Å²) in [6.45, 7) is 0.961. The van der Waals surface area contributed by atoms with Crippen LogP contribution in [0.1, 0.15) is 21.5 Å². The first kappa shape index (κ1) is 21.0. The van der Waals surface area contributed by atoms with Crippen molar-refractivity contribution in [3.63, 3.8) is 0 Å². The Balaban J connectivity index is 2.41. The minimum absolute atomic E-state index is 0.0622. The van der Waals surface area contributed by atoms with Crippen LogP contribution in [0, 0.1) is 6.92 Å². The van der Waals surface area contributed by atoms with Crippen LogP contribution in [0.3, 0.4) is 0 Å². The van der Waals surface area contributed by atoms with Gasteiger partial charge in [-0.15, -0.1) is 0 Å². The fraction of sp³-hybridized carbons (Fsp3) is 0.235. The van der Waals surface area contributed by atoms with Gasteiger partial charge in [0, 0.05) is 11.3 Å². The zero-order chi connectivity index (χ0) is 20.6. The second-order valence-electron chi connectivity index (χ2n) is 5.67. The molecule has 0 spiro atoms. The molecule has 2 rings (SSSR count). The Morgan fingerprint density at radius 3 is 2.04 bits per heavy atom. The minimum atomic E-state index is -5.99. The molecule has 0 heterocycles. The normalized spacial score (nSPS) is 12.8. The average molecular weight is 412 g/mol. The smallest absolute Gasteiger partial charge is 0.369 e. The van der Waals surface area contributed by atoms with Gasteiger partial charge in [-0.1, -0.05) is 29.8 Å². The molecule has 0 aliphatic rings. The average Bonchev–Trinajstić information content (AvgIpc) is 2.52. The third kappa shape index (κ3) is 3.89. The number of carbonyl (C=O) groups excluding carboxylic acids is 1. The number of hydrogen-bond donors (Lipinski definition) is 2. The third-order valence-electron chi connectivity index (χ3n) is 3.81. The second-order valence-corrected chi connectivity index (χ2v) is 6.08. The number of aliphatic hydroxyl groups is 1. The van der Waals surface area contributed by atoms with Crippen LogP contribution in [0.2, 0.25) is 5.02 Å². The van der Waals surface area contributed by atoms with Crippen molar-refractivity contribution < 1.29 is 36.2 Å². The SMILES string of the molecule is Cc1cc(NC(=O)c2ccccc2Cl)ccc1C(O)(C(F)(F)F)C(F)(F)F. The van der Waals surface area contributed by atoms with Crippen LogP contribution in [0.5, 0.6) is 0 Å². The lowest BCUT2D eigenvalue weighted by atomic mass is 9.88. The lowest BCUT2D eigenvalue weighted by Gasteiger charge is -2.33. The molecule has 10 heteroatoms. The van der Waals surface area contributed by atoms with Crippen molar-refractivity contribution in [3.8, 4) is 0 Å². The molecule has 0 aromatic heterocycles. The Bertz CT molecular complexity index is 849. The summed E-state index contributed by atoms with van der Waals surface area (Å²) >= 11 is 5.86. The van der Waals surface area contributed by atoms with E-state index in [-0.39, 0.29) is 16.3 Å². The first-order valence-electron chi connectivity index (χ1n) is 7.32. The molecule has 2 aromatic rings. The van der Waals surface area contributed by atoms with E-state index in [0.29, 0.717) is 6.07 Å². The van der Waals surface area contributed by atoms with Crippen LogP contribution < -0.4 is 5.32 Å². The molecule has 0 fully saturated rings. The molecule has 0 atom stereocenters. The summed E-state index contributed by atoms with van der Waals surface area (Å²) in [5.74, 6) is -0.699. The molecule has 27 heavy (non-hydrogen) atoms. The molecule has 2 N–H and O–H groups in total. The number of anilines is 1. The monoisotopic (exact) mass is 411 g/mol. The molecule has 3 nitrogen and oxygen atoms in total. The molecule has 0 saturated heterocycles. The highest BCUT2D eigenvalue weighted by molar-refractivity contribution is 6.34. The zero-order valence-electron chi connectivity index (χ0n) is 13.5. The quantitative estimate of drug-likeness (QED) is 0.681. The van der Waals surface area contributed by atoms with E-state index >= 15 is 0 Å². The lowest BCUT2D eigenvalue weighted by molar-refractivity contribution is -0.376. The first-order chi connectivity index (χ1) is 12.3. The van der Waals surface area contributed by atoms with Gasteiger partial charge >= 0.3 is 12.4 Å². The van der Waals surface area contributed by atoms with Gasteiger partial charge in [0.05, 0.1) is 10.6 Å². The molecular weight excluding hydrogens is 400 g/mol. The predicted octanol–water partition coefficient (Wildman–Crippen LogP) is 5.21. The molecule has 0 bridgehead atoms. The van der Waals surface area contributed by atoms with Gasteiger partial charge in [0.1, 0.15) is 0 Å². The maximum Gasteiger partial charge on any atom is 0.430 e. The highest BCUT2D eigenvalue weighted by Gasteiger charge is 2.71. The molecule has 0 unspecified atom stereocenters. The highest BCUT2D eigenvalue weighted by Crippen LogP contribution is 2.51. The number of halogens is 7. The fourth-order valence-electron chi connectivity index (χ4n) is 2.46. The predicted molar refractivity (Wildman–Crippen MR) is 86.6 cm³/mol. The Hall–Kier alpha value is -2.26. The molecule has 0 aliphatic carbocycles. The molecule has 2 aromatic carbocycles. The molecule has 0 saturated carbocycles. The number of hydrogen-bond acceptors (Lipinski definition) is 2. The van der Waals surface area contributed by atoms with Gasteiger partial charge in [-0.05, 0) is 36.8 Å². The van der Waals surface area contributed by atoms with E-state index in [1.807, 2.05) is 0 Å². The Kier molecular flexibility index (Phi) is 5.49. The summed E-state index contributed by atoms with van der Waals surface area (Å²) in [6, 6.07) is 8.14. The van der Waals surface area contributed by atoms with Crippen molar-refractivity contribution in [2.45, 2.75) is 24.9 Å². The van der Waals surface area contributed by atoms with Crippen LogP contribution in [0.4, 0.5) is 32.0 Å². The largest absolute Gasteiger partial charge is 0.430 e. The number of aryl methyl sites for hydroxylation is 1. The van der Waals surface area contributed by atoms with Crippen molar-refractivity contribution >= 4 is 23.2 Å². The number of amides is 1. The van der Waals surface area contributed by atoms with E-state index in [1.54, 1.807) is 6.07 Å². The second kappa shape index (κ2) is 7.05. The molecule has 1 amide bonds. The van der Waals surface area contributed by atoms with Gasteiger partial charge < -0.3 is 10.4 Å². The van der Waals surface area contributed by atoms with E-state index in [2.05, 4.69) is 5.32 Å². The summed E-state index contributed by atoms with van der Waals surface area (Å²) in [5, 5.41) is 11.9. The third-order valence-corrected chi connectivity index (χ3v) is 4.14.